The summed E-state index contributed by atoms with van der Waals surface area (Å²) < 4.78 is 5.19. The molecule has 3 heteroatoms. The largest absolute Gasteiger partial charge is 0.460 e. The number of fused-ring (bicyclic) bond motifs is 2. The van der Waals surface area contributed by atoms with E-state index in [0.29, 0.717) is 5.92 Å². The third-order valence-electron chi connectivity index (χ3n) is 2.79. The Labute approximate surface area is 66.3 Å². The Morgan fingerprint density at radius 1 is 1.55 bits per heavy atom. The molecule has 2 rings (SSSR count). The van der Waals surface area contributed by atoms with Crippen molar-refractivity contribution >= 4 is 5.97 Å². The third kappa shape index (κ3) is 0.948. The first-order chi connectivity index (χ1) is 5.18. The summed E-state index contributed by atoms with van der Waals surface area (Å²) in [6.07, 6.45) is 0.159. The first-order valence-electron chi connectivity index (χ1n) is 4.07. The average Bonchev–Trinajstić information content (AvgIpc) is 2.17. The van der Waals surface area contributed by atoms with Crippen LogP contribution in [-0.4, -0.2) is 37.1 Å². The second kappa shape index (κ2) is 2.21. The predicted octanol–water partition coefficient (Wildman–Crippen LogP) is 0.109. The highest BCUT2D eigenvalue weighted by Crippen LogP contribution is 2.32. The van der Waals surface area contributed by atoms with Gasteiger partial charge in [0.2, 0.25) is 0 Å². The number of likely N-dealkylation sites (tertiary alicyclic amines) is 1. The molecule has 3 nitrogen and oxygen atoms in total. The molecule has 0 amide bonds. The van der Waals surface area contributed by atoms with Crippen molar-refractivity contribution in [2.75, 3.05) is 20.1 Å². The molecule has 2 aliphatic rings. The fraction of sp³-hybridized carbons (Fsp3) is 0.875. The molecule has 0 saturated carbocycles. The lowest BCUT2D eigenvalue weighted by atomic mass is 9.88. The van der Waals surface area contributed by atoms with Gasteiger partial charge in [-0.15, -0.1) is 0 Å². The van der Waals surface area contributed by atoms with Gasteiger partial charge in [0.05, 0.1) is 5.92 Å². The van der Waals surface area contributed by atoms with Gasteiger partial charge in [-0.2, -0.15) is 0 Å². The molecule has 2 bridgehead atoms. The summed E-state index contributed by atoms with van der Waals surface area (Å²) in [5.41, 5.74) is 0. The van der Waals surface area contributed by atoms with Crippen molar-refractivity contribution in [2.45, 2.75) is 13.0 Å². The van der Waals surface area contributed by atoms with Gasteiger partial charge in [-0.05, 0) is 7.05 Å². The van der Waals surface area contributed by atoms with Crippen molar-refractivity contribution < 1.29 is 9.53 Å². The number of likely N-dealkylation sites (N-methyl/N-ethyl adjacent to an activating group) is 1. The Bertz CT molecular complexity index is 193. The number of ether oxygens (including phenoxy) is 1. The van der Waals surface area contributed by atoms with Crippen LogP contribution >= 0.6 is 0 Å². The van der Waals surface area contributed by atoms with Crippen molar-refractivity contribution in [3.63, 3.8) is 0 Å². The molecule has 0 spiro atoms. The zero-order valence-electron chi connectivity index (χ0n) is 6.91. The highest BCUT2D eigenvalue weighted by molar-refractivity contribution is 5.75. The fourth-order valence-electron chi connectivity index (χ4n) is 1.98. The van der Waals surface area contributed by atoms with Crippen LogP contribution in [0, 0.1) is 11.8 Å². The van der Waals surface area contributed by atoms with Gasteiger partial charge in [0.1, 0.15) is 6.10 Å². The Kier molecular flexibility index (Phi) is 1.42. The number of nitrogens with zero attached hydrogens (tertiary/aromatic N) is 1. The minimum Gasteiger partial charge on any atom is -0.460 e. The van der Waals surface area contributed by atoms with Gasteiger partial charge in [-0.25, -0.2) is 0 Å². The highest BCUT2D eigenvalue weighted by atomic mass is 16.6. The van der Waals surface area contributed by atoms with Gasteiger partial charge in [0.25, 0.3) is 0 Å². The molecule has 2 aliphatic heterocycles. The highest BCUT2D eigenvalue weighted by Gasteiger charge is 2.45. The Morgan fingerprint density at radius 2 is 2.27 bits per heavy atom. The van der Waals surface area contributed by atoms with Crippen LogP contribution < -0.4 is 0 Å². The van der Waals surface area contributed by atoms with E-state index in [1.54, 1.807) is 0 Å². The molecule has 3 unspecified atom stereocenters. The normalized spacial score (nSPS) is 44.2. The van der Waals surface area contributed by atoms with Crippen molar-refractivity contribution in [3.8, 4) is 0 Å². The van der Waals surface area contributed by atoms with Gasteiger partial charge < -0.3 is 9.64 Å². The third-order valence-corrected chi connectivity index (χ3v) is 2.79. The molecule has 0 radical (unpaired) electrons. The fourth-order valence-corrected chi connectivity index (χ4v) is 1.98. The molecule has 11 heavy (non-hydrogen) atoms. The van der Waals surface area contributed by atoms with Gasteiger partial charge in [-0.3, -0.25) is 4.79 Å². The van der Waals surface area contributed by atoms with E-state index in [0.717, 1.165) is 13.1 Å². The summed E-state index contributed by atoms with van der Waals surface area (Å²) in [5, 5.41) is 0. The topological polar surface area (TPSA) is 29.5 Å². The van der Waals surface area contributed by atoms with Crippen LogP contribution in [0.1, 0.15) is 6.92 Å². The lowest BCUT2D eigenvalue weighted by molar-refractivity contribution is -0.142. The summed E-state index contributed by atoms with van der Waals surface area (Å²) in [4.78, 5) is 13.3. The lowest BCUT2D eigenvalue weighted by Crippen LogP contribution is -2.42. The van der Waals surface area contributed by atoms with Crippen molar-refractivity contribution in [1.82, 2.24) is 4.90 Å². The van der Waals surface area contributed by atoms with Crippen molar-refractivity contribution in [2.24, 2.45) is 11.8 Å². The standard InChI is InChI=1S/C8H13NO2/c1-5-6-3-9(2)4-7(5)11-8(6)10/h5-7H,3-4H2,1-2H3. The van der Waals surface area contributed by atoms with Crippen LogP contribution in [0.4, 0.5) is 0 Å². The summed E-state index contributed by atoms with van der Waals surface area (Å²) in [5.74, 6) is 0.573. The number of esters is 1. The second-order valence-electron chi connectivity index (χ2n) is 3.66. The second-order valence-corrected chi connectivity index (χ2v) is 3.66. The first-order valence-corrected chi connectivity index (χ1v) is 4.07. The quantitative estimate of drug-likeness (QED) is 0.465. The summed E-state index contributed by atoms with van der Waals surface area (Å²) >= 11 is 0. The first kappa shape index (κ1) is 7.10. The summed E-state index contributed by atoms with van der Waals surface area (Å²) in [6.45, 7) is 3.88. The molecule has 2 saturated heterocycles. The number of piperidine rings is 1. The predicted molar refractivity (Wildman–Crippen MR) is 40.0 cm³/mol. The van der Waals surface area contributed by atoms with Crippen LogP contribution in [0.2, 0.25) is 0 Å². The van der Waals surface area contributed by atoms with E-state index in [1.165, 1.54) is 0 Å². The average molecular weight is 155 g/mol. The molecule has 0 aliphatic carbocycles. The number of carbonyl (C=O) groups is 1. The number of hydrogen-bond donors (Lipinski definition) is 0. The number of hydrogen-bond acceptors (Lipinski definition) is 3. The molecule has 2 heterocycles. The molecular formula is C8H13NO2. The molecule has 62 valence electrons. The van der Waals surface area contributed by atoms with E-state index in [9.17, 15) is 4.79 Å². The number of carbonyl (C=O) groups excluding carboxylic acids is 1. The lowest BCUT2D eigenvalue weighted by Gasteiger charge is -2.29. The van der Waals surface area contributed by atoms with Crippen LogP contribution in [0.15, 0.2) is 0 Å². The van der Waals surface area contributed by atoms with Crippen LogP contribution in [0.3, 0.4) is 0 Å². The molecule has 0 N–H and O–H groups in total. The Morgan fingerprint density at radius 3 is 2.91 bits per heavy atom. The van der Waals surface area contributed by atoms with E-state index in [1.807, 2.05) is 7.05 Å². The summed E-state index contributed by atoms with van der Waals surface area (Å²) in [6, 6.07) is 0. The minimum atomic E-state index is 0.00634. The van der Waals surface area contributed by atoms with Crippen LogP contribution in [-0.2, 0) is 9.53 Å². The van der Waals surface area contributed by atoms with E-state index < -0.39 is 0 Å². The molecule has 0 aromatic carbocycles. The zero-order chi connectivity index (χ0) is 8.01. The monoisotopic (exact) mass is 155 g/mol. The van der Waals surface area contributed by atoms with Crippen LogP contribution in [0.5, 0.6) is 0 Å². The molecule has 0 aromatic rings. The van der Waals surface area contributed by atoms with E-state index in [-0.39, 0.29) is 18.0 Å². The Hall–Kier alpha value is -0.570. The van der Waals surface area contributed by atoms with E-state index in [2.05, 4.69) is 11.8 Å². The van der Waals surface area contributed by atoms with E-state index >= 15 is 0 Å². The maximum atomic E-state index is 11.2. The van der Waals surface area contributed by atoms with Crippen molar-refractivity contribution in [3.05, 3.63) is 0 Å². The molecule has 3 atom stereocenters. The smallest absolute Gasteiger partial charge is 0.310 e. The van der Waals surface area contributed by atoms with E-state index in [4.69, 9.17) is 4.74 Å². The molecule has 0 aromatic heterocycles. The SMILES string of the molecule is CC1C2CN(C)CC1C(=O)O2. The maximum absolute atomic E-state index is 11.2. The van der Waals surface area contributed by atoms with Gasteiger partial charge in [-0.1, -0.05) is 6.92 Å². The van der Waals surface area contributed by atoms with Gasteiger partial charge >= 0.3 is 5.97 Å². The maximum Gasteiger partial charge on any atom is 0.310 e. The zero-order valence-corrected chi connectivity index (χ0v) is 6.91. The molecule has 2 fully saturated rings. The molecular weight excluding hydrogens is 142 g/mol. The van der Waals surface area contributed by atoms with Crippen molar-refractivity contribution in [1.29, 1.82) is 0 Å². The minimum absolute atomic E-state index is 0.00634. The van der Waals surface area contributed by atoms with Gasteiger partial charge in [0, 0.05) is 19.0 Å². The number of rotatable bonds is 0. The van der Waals surface area contributed by atoms with Gasteiger partial charge in [0.15, 0.2) is 0 Å². The van der Waals surface area contributed by atoms with Crippen LogP contribution in [0.25, 0.3) is 0 Å². The summed E-state index contributed by atoms with van der Waals surface area (Å²) in [7, 11) is 2.04. The Balaban J connectivity index is 2.20.